The molecular weight excluding hydrogens is 364 g/mol. The van der Waals surface area contributed by atoms with Crippen molar-refractivity contribution in [2.24, 2.45) is 0 Å². The van der Waals surface area contributed by atoms with E-state index in [-0.39, 0.29) is 18.3 Å². The van der Waals surface area contributed by atoms with Gasteiger partial charge in [-0.25, -0.2) is 0 Å². The summed E-state index contributed by atoms with van der Waals surface area (Å²) in [4.78, 5) is 12.2. The second kappa shape index (κ2) is 8.93. The fraction of sp³-hybridized carbons (Fsp3) is 0.143. The summed E-state index contributed by atoms with van der Waals surface area (Å²) in [6, 6.07) is 19.8. The Balaban J connectivity index is 1.50. The molecule has 3 aromatic rings. The molecule has 136 valence electrons. The topological polar surface area (TPSA) is 75.3 Å². The van der Waals surface area contributed by atoms with E-state index in [1.54, 1.807) is 36.4 Å². The molecule has 0 fully saturated rings. The number of amides is 1. The maximum Gasteiger partial charge on any atom is 0.287 e. The molecule has 1 aromatic heterocycles. The Labute approximate surface area is 162 Å². The number of rotatable bonds is 7. The molecule has 0 saturated carbocycles. The number of furan rings is 1. The fourth-order valence-corrected chi connectivity index (χ4v) is 2.60. The van der Waals surface area contributed by atoms with Crippen molar-refractivity contribution in [3.63, 3.8) is 0 Å². The molecule has 0 aliphatic heterocycles. The Morgan fingerprint density at radius 3 is 2.67 bits per heavy atom. The molecule has 1 N–H and O–H groups in total. The highest BCUT2D eigenvalue weighted by atomic mass is 35.5. The van der Waals surface area contributed by atoms with Crippen molar-refractivity contribution in [1.82, 2.24) is 5.32 Å². The van der Waals surface area contributed by atoms with Crippen LogP contribution in [0, 0.1) is 11.3 Å². The number of nitrogens with one attached hydrogen (secondary N) is 1. The number of ether oxygens (including phenoxy) is 1. The van der Waals surface area contributed by atoms with Crippen molar-refractivity contribution >= 4 is 17.5 Å². The predicted molar refractivity (Wildman–Crippen MR) is 102 cm³/mol. The Hall–Kier alpha value is -3.23. The van der Waals surface area contributed by atoms with Gasteiger partial charge in [-0.05, 0) is 48.4 Å². The number of carbonyl (C=O) groups excluding carboxylic acids is 1. The van der Waals surface area contributed by atoms with Crippen LogP contribution in [0.15, 0.2) is 65.1 Å². The maximum atomic E-state index is 12.2. The van der Waals surface area contributed by atoms with Crippen LogP contribution in [0.5, 0.6) is 5.75 Å². The molecule has 3 rings (SSSR count). The molecule has 0 aliphatic rings. The van der Waals surface area contributed by atoms with E-state index in [4.69, 9.17) is 26.0 Å². The number of hydrogen-bond acceptors (Lipinski definition) is 4. The minimum absolute atomic E-state index is 0.136. The van der Waals surface area contributed by atoms with Crippen LogP contribution in [-0.4, -0.2) is 12.5 Å². The van der Waals surface area contributed by atoms with Crippen LogP contribution in [0.1, 0.15) is 27.4 Å². The zero-order valence-electron chi connectivity index (χ0n) is 14.4. The molecule has 27 heavy (non-hydrogen) atoms. The standard InChI is InChI=1S/C21H17ClN2O3/c22-17-7-5-15(6-8-17)11-12-24-21(25)20-10-9-18(27-20)14-26-19-4-2-1-3-16(19)13-23/h1-10H,11-12,14H2,(H,24,25). The summed E-state index contributed by atoms with van der Waals surface area (Å²) < 4.78 is 11.1. The molecule has 5 nitrogen and oxygen atoms in total. The fourth-order valence-electron chi connectivity index (χ4n) is 2.47. The third-order valence-electron chi connectivity index (χ3n) is 3.88. The number of nitriles is 1. The zero-order chi connectivity index (χ0) is 19.1. The van der Waals surface area contributed by atoms with Crippen LogP contribution in [0.4, 0.5) is 0 Å². The molecule has 0 bridgehead atoms. The van der Waals surface area contributed by atoms with E-state index in [0.29, 0.717) is 35.1 Å². The van der Waals surface area contributed by atoms with E-state index in [1.807, 2.05) is 24.3 Å². The molecule has 6 heteroatoms. The second-order valence-corrected chi connectivity index (χ2v) is 6.23. The SMILES string of the molecule is N#Cc1ccccc1OCc1ccc(C(=O)NCCc2ccc(Cl)cc2)o1. The number of hydrogen-bond donors (Lipinski definition) is 1. The van der Waals surface area contributed by atoms with Crippen molar-refractivity contribution in [2.45, 2.75) is 13.0 Å². The highest BCUT2D eigenvalue weighted by molar-refractivity contribution is 6.30. The van der Waals surface area contributed by atoms with Gasteiger partial charge >= 0.3 is 0 Å². The molecule has 0 spiro atoms. The number of benzene rings is 2. The smallest absolute Gasteiger partial charge is 0.287 e. The third kappa shape index (κ3) is 5.13. The monoisotopic (exact) mass is 380 g/mol. The highest BCUT2D eigenvalue weighted by Gasteiger charge is 2.11. The first kappa shape index (κ1) is 18.6. The molecule has 1 heterocycles. The first-order chi connectivity index (χ1) is 13.2. The Bertz CT molecular complexity index is 958. The minimum Gasteiger partial charge on any atom is -0.484 e. The Morgan fingerprint density at radius 1 is 1.11 bits per heavy atom. The van der Waals surface area contributed by atoms with Gasteiger partial charge in [0.2, 0.25) is 0 Å². The predicted octanol–water partition coefficient (Wildman–Crippen LogP) is 4.36. The van der Waals surface area contributed by atoms with Crippen LogP contribution in [-0.2, 0) is 13.0 Å². The van der Waals surface area contributed by atoms with E-state index < -0.39 is 0 Å². The quantitative estimate of drug-likeness (QED) is 0.661. The van der Waals surface area contributed by atoms with Gasteiger partial charge in [0.1, 0.15) is 24.2 Å². The average molecular weight is 381 g/mol. The summed E-state index contributed by atoms with van der Waals surface area (Å²) >= 11 is 5.85. The summed E-state index contributed by atoms with van der Waals surface area (Å²) in [7, 11) is 0. The molecule has 0 saturated heterocycles. The van der Waals surface area contributed by atoms with Gasteiger partial charge in [0.05, 0.1) is 5.56 Å². The van der Waals surface area contributed by atoms with Crippen LogP contribution in [0.2, 0.25) is 5.02 Å². The molecular formula is C21H17ClN2O3. The van der Waals surface area contributed by atoms with Gasteiger partial charge in [-0.2, -0.15) is 5.26 Å². The van der Waals surface area contributed by atoms with Crippen molar-refractivity contribution < 1.29 is 13.9 Å². The van der Waals surface area contributed by atoms with E-state index in [9.17, 15) is 4.79 Å². The highest BCUT2D eigenvalue weighted by Crippen LogP contribution is 2.19. The molecule has 0 atom stereocenters. The van der Waals surface area contributed by atoms with Crippen LogP contribution >= 0.6 is 11.6 Å². The van der Waals surface area contributed by atoms with Crippen LogP contribution in [0.3, 0.4) is 0 Å². The number of carbonyl (C=O) groups is 1. The van der Waals surface area contributed by atoms with Gasteiger partial charge in [-0.3, -0.25) is 4.79 Å². The number of halogens is 1. The molecule has 0 radical (unpaired) electrons. The first-order valence-corrected chi connectivity index (χ1v) is 8.77. The molecule has 2 aromatic carbocycles. The lowest BCUT2D eigenvalue weighted by Gasteiger charge is -2.06. The lowest BCUT2D eigenvalue weighted by molar-refractivity contribution is 0.0922. The van der Waals surface area contributed by atoms with Gasteiger partial charge < -0.3 is 14.5 Å². The summed E-state index contributed by atoms with van der Waals surface area (Å²) in [5, 5.41) is 12.6. The van der Waals surface area contributed by atoms with Gasteiger partial charge in [0.15, 0.2) is 5.76 Å². The minimum atomic E-state index is -0.285. The maximum absolute atomic E-state index is 12.2. The van der Waals surface area contributed by atoms with Gasteiger partial charge in [0, 0.05) is 11.6 Å². The number of nitrogens with zero attached hydrogens (tertiary/aromatic N) is 1. The van der Waals surface area contributed by atoms with Crippen molar-refractivity contribution in [2.75, 3.05) is 6.54 Å². The van der Waals surface area contributed by atoms with Crippen molar-refractivity contribution in [3.8, 4) is 11.8 Å². The summed E-state index contributed by atoms with van der Waals surface area (Å²) in [5.41, 5.74) is 1.54. The van der Waals surface area contributed by atoms with E-state index >= 15 is 0 Å². The molecule has 1 amide bonds. The van der Waals surface area contributed by atoms with Gasteiger partial charge in [-0.15, -0.1) is 0 Å². The van der Waals surface area contributed by atoms with E-state index in [0.717, 1.165) is 5.56 Å². The van der Waals surface area contributed by atoms with E-state index in [2.05, 4.69) is 11.4 Å². The lowest BCUT2D eigenvalue weighted by Crippen LogP contribution is -2.25. The third-order valence-corrected chi connectivity index (χ3v) is 4.13. The summed E-state index contributed by atoms with van der Waals surface area (Å²) in [6.45, 7) is 0.624. The lowest BCUT2D eigenvalue weighted by atomic mass is 10.1. The average Bonchev–Trinajstić information content (AvgIpc) is 3.17. The summed E-state index contributed by atoms with van der Waals surface area (Å²) in [5.74, 6) is 0.918. The van der Waals surface area contributed by atoms with Crippen LogP contribution < -0.4 is 10.1 Å². The van der Waals surface area contributed by atoms with Crippen LogP contribution in [0.25, 0.3) is 0 Å². The summed E-state index contributed by atoms with van der Waals surface area (Å²) in [6.07, 6.45) is 0.699. The Kier molecular flexibility index (Phi) is 6.14. The zero-order valence-corrected chi connectivity index (χ0v) is 15.2. The van der Waals surface area contributed by atoms with Gasteiger partial charge in [-0.1, -0.05) is 35.9 Å². The largest absolute Gasteiger partial charge is 0.484 e. The van der Waals surface area contributed by atoms with Crippen molar-refractivity contribution in [1.29, 1.82) is 5.26 Å². The second-order valence-electron chi connectivity index (χ2n) is 5.79. The molecule has 0 aliphatic carbocycles. The Morgan fingerprint density at radius 2 is 1.89 bits per heavy atom. The van der Waals surface area contributed by atoms with E-state index in [1.165, 1.54) is 0 Å². The normalized spacial score (nSPS) is 10.2. The number of para-hydroxylation sites is 1. The van der Waals surface area contributed by atoms with Gasteiger partial charge in [0.25, 0.3) is 5.91 Å². The first-order valence-electron chi connectivity index (χ1n) is 8.39. The molecule has 0 unspecified atom stereocenters. The van der Waals surface area contributed by atoms with Crippen molar-refractivity contribution in [3.05, 3.63) is 88.3 Å².